The number of halogens is 1. The molecule has 0 aliphatic carbocycles. The standard InChI is InChI=1S/C48H56FN7O5/c1-46(2,22-24-55-30-51-38-10-6-8-12-41(38)55)53-29-48(60,36-20-17-34(57)27-37(36)49)45(54-47(3,4)23-25-56-31-52-39-11-7-9-13-42(39)56)44(59)33-16-21-43(58)40(26-33)50-28-32-14-18-35(61-5)19-15-32/h6-21,26-27,30-31,44-45,50,53-54,57-60H,22-25,28-29H2,1-5H3. The Kier molecular flexibility index (Phi) is 12.7. The Morgan fingerprint density at radius 2 is 1.36 bits per heavy atom. The van der Waals surface area contributed by atoms with Crippen LogP contribution in [0.5, 0.6) is 17.2 Å². The number of imidazole rings is 2. The topological polar surface area (TPSA) is 162 Å². The smallest absolute Gasteiger partial charge is 0.138 e. The summed E-state index contributed by atoms with van der Waals surface area (Å²) in [6.07, 6.45) is 3.31. The molecule has 0 saturated carbocycles. The zero-order valence-electron chi connectivity index (χ0n) is 35.3. The van der Waals surface area contributed by atoms with Crippen LogP contribution in [-0.4, -0.2) is 70.3 Å². The average molecular weight is 830 g/mol. The van der Waals surface area contributed by atoms with Crippen LogP contribution in [0.4, 0.5) is 10.1 Å². The van der Waals surface area contributed by atoms with Gasteiger partial charge in [-0.3, -0.25) is 0 Å². The molecule has 0 aliphatic rings. The summed E-state index contributed by atoms with van der Waals surface area (Å²) in [5.74, 6) is -0.440. The maximum atomic E-state index is 16.3. The number of anilines is 1. The second kappa shape index (κ2) is 17.9. The highest BCUT2D eigenvalue weighted by Crippen LogP contribution is 2.39. The van der Waals surface area contributed by atoms with E-state index in [0.717, 1.165) is 39.4 Å². The van der Waals surface area contributed by atoms with Crippen molar-refractivity contribution < 1.29 is 29.6 Å². The second-order valence-electron chi connectivity index (χ2n) is 17.1. The number of nitrogens with zero attached hydrogens (tertiary/aromatic N) is 4. The Hall–Kier alpha value is -5.99. The number of methoxy groups -OCH3 is 1. The number of rotatable bonds is 19. The molecule has 0 bridgehead atoms. The van der Waals surface area contributed by atoms with Gasteiger partial charge in [0.1, 0.15) is 28.7 Å². The molecule has 0 fully saturated rings. The van der Waals surface area contributed by atoms with Crippen molar-refractivity contribution in [3.63, 3.8) is 0 Å². The number of aromatic hydroxyl groups is 2. The third kappa shape index (κ3) is 9.98. The lowest BCUT2D eigenvalue weighted by atomic mass is 9.78. The Morgan fingerprint density at radius 3 is 1.97 bits per heavy atom. The molecule has 320 valence electrons. The van der Waals surface area contributed by atoms with Gasteiger partial charge in [-0.2, -0.15) is 0 Å². The first-order valence-corrected chi connectivity index (χ1v) is 20.6. The van der Waals surface area contributed by atoms with Crippen molar-refractivity contribution in [2.24, 2.45) is 0 Å². The van der Waals surface area contributed by atoms with Gasteiger partial charge >= 0.3 is 0 Å². The highest BCUT2D eigenvalue weighted by molar-refractivity contribution is 5.75. The lowest BCUT2D eigenvalue weighted by Gasteiger charge is -2.45. The van der Waals surface area contributed by atoms with Crippen molar-refractivity contribution in [2.45, 2.75) is 89.0 Å². The third-order valence-electron chi connectivity index (χ3n) is 11.6. The molecule has 13 heteroatoms. The van der Waals surface area contributed by atoms with Crippen LogP contribution < -0.4 is 20.7 Å². The SMILES string of the molecule is COc1ccc(CNc2cc(C(O)C(NC(C)(C)CCn3cnc4ccccc43)C(O)(CNC(C)(C)CCn3cnc4ccccc43)c3ccc(O)cc3F)ccc2O)cc1. The first-order valence-electron chi connectivity index (χ1n) is 20.6. The van der Waals surface area contributed by atoms with Gasteiger partial charge in [0.15, 0.2) is 0 Å². The summed E-state index contributed by atoms with van der Waals surface area (Å²) < 4.78 is 25.7. The van der Waals surface area contributed by atoms with Crippen molar-refractivity contribution in [1.82, 2.24) is 29.7 Å². The van der Waals surface area contributed by atoms with E-state index in [4.69, 9.17) is 4.74 Å². The molecule has 61 heavy (non-hydrogen) atoms. The highest BCUT2D eigenvalue weighted by atomic mass is 19.1. The van der Waals surface area contributed by atoms with Gasteiger partial charge in [-0.05, 0) is 112 Å². The van der Waals surface area contributed by atoms with E-state index in [2.05, 4.69) is 35.1 Å². The van der Waals surface area contributed by atoms with Crippen LogP contribution in [0.3, 0.4) is 0 Å². The first kappa shape index (κ1) is 43.1. The minimum absolute atomic E-state index is 0.0317. The quantitative estimate of drug-likeness (QED) is 0.0402. The van der Waals surface area contributed by atoms with E-state index in [1.54, 1.807) is 25.6 Å². The van der Waals surface area contributed by atoms with Crippen LogP contribution >= 0.6 is 0 Å². The number of ether oxygens (including phenoxy) is 1. The van der Waals surface area contributed by atoms with Gasteiger partial charge in [0.05, 0.1) is 59.7 Å². The van der Waals surface area contributed by atoms with Crippen LogP contribution in [0.15, 0.2) is 122 Å². The minimum Gasteiger partial charge on any atom is -0.508 e. The summed E-state index contributed by atoms with van der Waals surface area (Å²) in [5.41, 5.74) is 1.82. The van der Waals surface area contributed by atoms with Gasteiger partial charge in [-0.25, -0.2) is 14.4 Å². The van der Waals surface area contributed by atoms with Crippen LogP contribution in [0, 0.1) is 5.82 Å². The fourth-order valence-corrected chi connectivity index (χ4v) is 7.83. The van der Waals surface area contributed by atoms with Crippen molar-refractivity contribution in [3.8, 4) is 17.2 Å². The molecule has 0 amide bonds. The van der Waals surface area contributed by atoms with Gasteiger partial charge < -0.3 is 50.2 Å². The van der Waals surface area contributed by atoms with Gasteiger partial charge in [0.2, 0.25) is 0 Å². The van der Waals surface area contributed by atoms with Crippen molar-refractivity contribution in [3.05, 3.63) is 144 Å². The number of benzene rings is 5. The number of aliphatic hydroxyl groups is 2. The van der Waals surface area contributed by atoms with E-state index in [0.29, 0.717) is 43.7 Å². The van der Waals surface area contributed by atoms with E-state index in [-0.39, 0.29) is 23.6 Å². The predicted molar refractivity (Wildman–Crippen MR) is 237 cm³/mol. The van der Waals surface area contributed by atoms with Gasteiger partial charge in [-0.1, -0.05) is 42.5 Å². The zero-order chi connectivity index (χ0) is 43.4. The van der Waals surface area contributed by atoms with E-state index in [9.17, 15) is 20.4 Å². The summed E-state index contributed by atoms with van der Waals surface area (Å²) >= 11 is 0. The molecular formula is C48H56FN7O5. The molecule has 0 saturated heterocycles. The second-order valence-corrected chi connectivity index (χ2v) is 17.1. The van der Waals surface area contributed by atoms with Crippen LogP contribution in [-0.2, 0) is 25.2 Å². The molecule has 0 spiro atoms. The monoisotopic (exact) mass is 829 g/mol. The molecule has 3 unspecified atom stereocenters. The molecule has 0 radical (unpaired) electrons. The number of aromatic nitrogens is 4. The van der Waals surface area contributed by atoms with Crippen molar-refractivity contribution in [1.29, 1.82) is 0 Å². The molecule has 2 heterocycles. The van der Waals surface area contributed by atoms with E-state index in [1.165, 1.54) is 18.2 Å². The number of aryl methyl sites for hydroxylation is 2. The molecule has 3 atom stereocenters. The number of β-amino-alcohol motifs (C(OH)–C–C–N with tert-alkyl or cyclic N) is 1. The fraction of sp³-hybridized carbons (Fsp3) is 0.333. The van der Waals surface area contributed by atoms with Crippen LogP contribution in [0.25, 0.3) is 22.1 Å². The van der Waals surface area contributed by atoms with Crippen molar-refractivity contribution in [2.75, 3.05) is 19.0 Å². The van der Waals surface area contributed by atoms with Crippen LogP contribution in [0.2, 0.25) is 0 Å². The molecule has 5 aromatic carbocycles. The molecule has 0 aliphatic heterocycles. The summed E-state index contributed by atoms with van der Waals surface area (Å²) in [4.78, 5) is 9.08. The van der Waals surface area contributed by atoms with E-state index < -0.39 is 34.6 Å². The molecule has 7 N–H and O–H groups in total. The maximum Gasteiger partial charge on any atom is 0.138 e. The number of nitrogens with one attached hydrogen (secondary N) is 3. The number of para-hydroxylation sites is 4. The molecule has 12 nitrogen and oxygen atoms in total. The Bertz CT molecular complexity index is 2570. The lowest BCUT2D eigenvalue weighted by Crippen LogP contribution is -2.63. The Labute approximate surface area is 355 Å². The highest BCUT2D eigenvalue weighted by Gasteiger charge is 2.47. The van der Waals surface area contributed by atoms with E-state index in [1.807, 2.05) is 107 Å². The Balaban J connectivity index is 1.22. The third-order valence-corrected chi connectivity index (χ3v) is 11.6. The fourth-order valence-electron chi connectivity index (χ4n) is 7.83. The molecular weight excluding hydrogens is 774 g/mol. The number of phenolic OH excluding ortho intramolecular Hbond substituents is 2. The first-order chi connectivity index (χ1) is 29.1. The summed E-state index contributed by atoms with van der Waals surface area (Å²) in [5, 5.41) is 57.5. The largest absolute Gasteiger partial charge is 0.508 e. The van der Waals surface area contributed by atoms with Gasteiger partial charge in [0, 0.05) is 48.9 Å². The Morgan fingerprint density at radius 1 is 0.754 bits per heavy atom. The summed E-state index contributed by atoms with van der Waals surface area (Å²) in [6, 6.07) is 30.4. The molecule has 2 aromatic heterocycles. The number of fused-ring (bicyclic) bond motifs is 2. The number of phenols is 2. The predicted octanol–water partition coefficient (Wildman–Crippen LogP) is 7.76. The zero-order valence-corrected chi connectivity index (χ0v) is 35.3. The number of hydrogen-bond acceptors (Lipinski definition) is 10. The van der Waals surface area contributed by atoms with E-state index >= 15 is 4.39 Å². The van der Waals surface area contributed by atoms with Gasteiger partial charge in [-0.15, -0.1) is 0 Å². The van der Waals surface area contributed by atoms with Crippen molar-refractivity contribution >= 4 is 27.8 Å². The minimum atomic E-state index is -2.12. The average Bonchev–Trinajstić information content (AvgIpc) is 3.87. The maximum absolute atomic E-state index is 16.3. The molecule has 7 aromatic rings. The molecule has 7 rings (SSSR count). The normalized spacial score (nSPS) is 14.2. The number of hydrogen-bond donors (Lipinski definition) is 7. The van der Waals surface area contributed by atoms with Crippen LogP contribution in [0.1, 0.15) is 63.3 Å². The van der Waals surface area contributed by atoms with Gasteiger partial charge in [0.25, 0.3) is 0 Å². The summed E-state index contributed by atoms with van der Waals surface area (Å²) in [7, 11) is 1.60. The lowest BCUT2D eigenvalue weighted by molar-refractivity contribution is -0.0672. The number of aliphatic hydroxyl groups excluding tert-OH is 1. The summed E-state index contributed by atoms with van der Waals surface area (Å²) in [6.45, 7) is 9.33.